The van der Waals surface area contributed by atoms with Crippen LogP contribution in [-0.2, 0) is 6.54 Å². The standard InChI is InChI=1S/C25H17Cl2FN4O2/c26-18-7-1-15(2-8-18)21-13-29-32-24(23(21)17-3-9-19(27)10-4-17)30-31(25(32)34)14-22(33)16-5-11-20(28)12-6-16/h1-13,22,33H,14H2. The lowest BCUT2D eigenvalue weighted by Crippen LogP contribution is -2.25. The average Bonchev–Trinajstić information content (AvgIpc) is 3.15. The van der Waals surface area contributed by atoms with Crippen LogP contribution in [0.15, 0.2) is 83.8 Å². The van der Waals surface area contributed by atoms with Crippen LogP contribution in [0.1, 0.15) is 11.7 Å². The zero-order valence-electron chi connectivity index (χ0n) is 17.6. The molecular weight excluding hydrogens is 478 g/mol. The summed E-state index contributed by atoms with van der Waals surface area (Å²) in [6, 6.07) is 19.9. The minimum absolute atomic E-state index is 0.121. The first-order valence-corrected chi connectivity index (χ1v) is 11.1. The summed E-state index contributed by atoms with van der Waals surface area (Å²) >= 11 is 12.2. The summed E-state index contributed by atoms with van der Waals surface area (Å²) in [6.45, 7) is -0.121. The Morgan fingerprint density at radius 1 is 0.882 bits per heavy atom. The quantitative estimate of drug-likeness (QED) is 0.354. The number of rotatable bonds is 5. The first kappa shape index (κ1) is 22.3. The molecule has 9 heteroatoms. The van der Waals surface area contributed by atoms with E-state index in [1.165, 1.54) is 28.8 Å². The van der Waals surface area contributed by atoms with Crippen LogP contribution >= 0.6 is 23.2 Å². The summed E-state index contributed by atoms with van der Waals surface area (Å²) in [6.07, 6.45) is 0.544. The number of halogens is 3. The van der Waals surface area contributed by atoms with Crippen molar-refractivity contribution in [3.05, 3.63) is 111 Å². The van der Waals surface area contributed by atoms with Gasteiger partial charge in [-0.1, -0.05) is 59.6 Å². The Bertz CT molecular complexity index is 1530. The lowest BCUT2D eigenvalue weighted by molar-refractivity contribution is 0.150. The summed E-state index contributed by atoms with van der Waals surface area (Å²) in [5.41, 5.74) is 3.36. The van der Waals surface area contributed by atoms with Gasteiger partial charge in [-0.05, 0) is 53.1 Å². The maximum atomic E-state index is 13.2. The van der Waals surface area contributed by atoms with E-state index in [0.717, 1.165) is 21.4 Å². The molecule has 0 amide bonds. The molecule has 2 aromatic heterocycles. The number of aliphatic hydroxyl groups excluding tert-OH is 1. The van der Waals surface area contributed by atoms with E-state index in [2.05, 4.69) is 10.2 Å². The normalized spacial score (nSPS) is 12.2. The molecule has 0 saturated heterocycles. The second kappa shape index (κ2) is 9.02. The highest BCUT2D eigenvalue weighted by molar-refractivity contribution is 6.31. The smallest absolute Gasteiger partial charge is 0.367 e. The van der Waals surface area contributed by atoms with Crippen LogP contribution in [0.3, 0.4) is 0 Å². The van der Waals surface area contributed by atoms with Gasteiger partial charge in [-0.2, -0.15) is 9.61 Å². The van der Waals surface area contributed by atoms with E-state index < -0.39 is 17.6 Å². The van der Waals surface area contributed by atoms with E-state index in [-0.39, 0.29) is 6.54 Å². The molecule has 0 spiro atoms. The van der Waals surface area contributed by atoms with Crippen molar-refractivity contribution in [1.29, 1.82) is 0 Å². The minimum Gasteiger partial charge on any atom is -0.386 e. The molecule has 0 saturated carbocycles. The van der Waals surface area contributed by atoms with Crippen molar-refractivity contribution in [3.8, 4) is 22.3 Å². The molecule has 1 N–H and O–H groups in total. The van der Waals surface area contributed by atoms with Crippen LogP contribution in [0.4, 0.5) is 4.39 Å². The van der Waals surface area contributed by atoms with Gasteiger partial charge in [-0.3, -0.25) is 0 Å². The lowest BCUT2D eigenvalue weighted by atomic mass is 9.97. The van der Waals surface area contributed by atoms with Crippen LogP contribution in [0.25, 0.3) is 27.9 Å². The van der Waals surface area contributed by atoms with Gasteiger partial charge in [0.1, 0.15) is 5.82 Å². The second-order valence-electron chi connectivity index (χ2n) is 7.71. The number of benzene rings is 3. The second-order valence-corrected chi connectivity index (χ2v) is 8.59. The highest BCUT2D eigenvalue weighted by Crippen LogP contribution is 2.35. The Balaban J connectivity index is 1.67. The molecule has 0 radical (unpaired) electrons. The number of aliphatic hydroxyl groups is 1. The summed E-state index contributed by atoms with van der Waals surface area (Å²) in [5.74, 6) is -0.410. The van der Waals surface area contributed by atoms with Gasteiger partial charge < -0.3 is 5.11 Å². The summed E-state index contributed by atoms with van der Waals surface area (Å²) in [7, 11) is 0. The summed E-state index contributed by atoms with van der Waals surface area (Å²) < 4.78 is 15.6. The highest BCUT2D eigenvalue weighted by atomic mass is 35.5. The van der Waals surface area contributed by atoms with Crippen molar-refractivity contribution in [2.45, 2.75) is 12.6 Å². The third-order valence-electron chi connectivity index (χ3n) is 5.50. The fraction of sp³-hybridized carbons (Fsp3) is 0.0800. The molecule has 3 aromatic carbocycles. The monoisotopic (exact) mass is 494 g/mol. The van der Waals surface area contributed by atoms with E-state index in [9.17, 15) is 14.3 Å². The molecule has 5 rings (SSSR count). The number of fused-ring (bicyclic) bond motifs is 1. The Hall–Kier alpha value is -3.52. The van der Waals surface area contributed by atoms with Crippen LogP contribution in [-0.4, -0.2) is 24.5 Å². The highest BCUT2D eigenvalue weighted by Gasteiger charge is 2.20. The van der Waals surface area contributed by atoms with E-state index in [1.807, 2.05) is 24.3 Å². The van der Waals surface area contributed by atoms with Gasteiger partial charge in [-0.15, -0.1) is 5.10 Å². The molecular formula is C25H17Cl2FN4O2. The van der Waals surface area contributed by atoms with E-state index in [1.54, 1.807) is 30.5 Å². The minimum atomic E-state index is -1.06. The molecule has 2 heterocycles. The zero-order chi connectivity index (χ0) is 23.8. The van der Waals surface area contributed by atoms with Gasteiger partial charge in [0, 0.05) is 21.2 Å². The Kier molecular flexibility index (Phi) is 5.91. The summed E-state index contributed by atoms with van der Waals surface area (Å²) in [5, 5.41) is 20.6. The molecule has 0 aliphatic heterocycles. The van der Waals surface area contributed by atoms with Crippen molar-refractivity contribution in [2.75, 3.05) is 0 Å². The SMILES string of the molecule is O=c1n(CC(O)c2ccc(F)cc2)nc2c(-c3ccc(Cl)cc3)c(-c3ccc(Cl)cc3)cnn12. The Morgan fingerprint density at radius 3 is 2.09 bits per heavy atom. The number of nitrogens with zero attached hydrogens (tertiary/aromatic N) is 4. The van der Waals surface area contributed by atoms with Crippen molar-refractivity contribution in [3.63, 3.8) is 0 Å². The molecule has 34 heavy (non-hydrogen) atoms. The number of hydrogen-bond donors (Lipinski definition) is 1. The third kappa shape index (κ3) is 4.21. The number of hydrogen-bond acceptors (Lipinski definition) is 4. The molecule has 0 aliphatic rings. The Morgan fingerprint density at radius 2 is 1.47 bits per heavy atom. The van der Waals surface area contributed by atoms with Gasteiger partial charge in [0.2, 0.25) is 0 Å². The maximum absolute atomic E-state index is 13.2. The Labute approximate surface area is 203 Å². The first-order valence-electron chi connectivity index (χ1n) is 10.3. The predicted molar refractivity (Wildman–Crippen MR) is 129 cm³/mol. The molecule has 6 nitrogen and oxygen atoms in total. The van der Waals surface area contributed by atoms with Gasteiger partial charge in [0.25, 0.3) is 0 Å². The lowest BCUT2D eigenvalue weighted by Gasteiger charge is -2.11. The van der Waals surface area contributed by atoms with Crippen molar-refractivity contribution >= 4 is 28.8 Å². The molecule has 0 fully saturated rings. The molecule has 0 bridgehead atoms. The number of aromatic nitrogens is 4. The molecule has 170 valence electrons. The average molecular weight is 495 g/mol. The topological polar surface area (TPSA) is 72.4 Å². The fourth-order valence-electron chi connectivity index (χ4n) is 3.78. The maximum Gasteiger partial charge on any atom is 0.367 e. The first-order chi connectivity index (χ1) is 16.4. The predicted octanol–water partition coefficient (Wildman–Crippen LogP) is 5.40. The molecule has 1 atom stereocenters. The molecule has 1 unspecified atom stereocenters. The molecule has 5 aromatic rings. The zero-order valence-corrected chi connectivity index (χ0v) is 19.1. The summed E-state index contributed by atoms with van der Waals surface area (Å²) in [4.78, 5) is 13.1. The van der Waals surface area contributed by atoms with E-state index in [4.69, 9.17) is 23.2 Å². The molecule has 0 aliphatic carbocycles. The van der Waals surface area contributed by atoms with Gasteiger partial charge in [0.15, 0.2) is 5.65 Å². The van der Waals surface area contributed by atoms with Gasteiger partial charge in [0.05, 0.1) is 18.8 Å². The van der Waals surface area contributed by atoms with Gasteiger partial charge in [-0.25, -0.2) is 13.9 Å². The van der Waals surface area contributed by atoms with E-state index in [0.29, 0.717) is 26.8 Å². The van der Waals surface area contributed by atoms with Crippen LogP contribution in [0, 0.1) is 5.82 Å². The van der Waals surface area contributed by atoms with E-state index >= 15 is 0 Å². The largest absolute Gasteiger partial charge is 0.386 e. The van der Waals surface area contributed by atoms with Crippen molar-refractivity contribution in [1.82, 2.24) is 19.4 Å². The van der Waals surface area contributed by atoms with Crippen molar-refractivity contribution < 1.29 is 9.50 Å². The fourth-order valence-corrected chi connectivity index (χ4v) is 4.03. The van der Waals surface area contributed by atoms with Gasteiger partial charge >= 0.3 is 5.69 Å². The van der Waals surface area contributed by atoms with Crippen LogP contribution < -0.4 is 5.69 Å². The third-order valence-corrected chi connectivity index (χ3v) is 6.01. The van der Waals surface area contributed by atoms with Crippen molar-refractivity contribution in [2.24, 2.45) is 0 Å². The van der Waals surface area contributed by atoms with Crippen LogP contribution in [0.5, 0.6) is 0 Å². The van der Waals surface area contributed by atoms with Crippen LogP contribution in [0.2, 0.25) is 10.0 Å².